The van der Waals surface area contributed by atoms with Crippen molar-refractivity contribution in [3.63, 3.8) is 0 Å². The van der Waals surface area contributed by atoms with Gasteiger partial charge in [0, 0.05) is 18.1 Å². The fraction of sp³-hybridized carbons (Fsp3) is 0.800. The van der Waals surface area contributed by atoms with E-state index in [2.05, 4.69) is 13.8 Å². The number of methoxy groups -OCH3 is 1. The molecule has 4 nitrogen and oxygen atoms in total. The van der Waals surface area contributed by atoms with Crippen molar-refractivity contribution in [2.45, 2.75) is 58.8 Å². The summed E-state index contributed by atoms with van der Waals surface area (Å²) in [5, 5.41) is 10.0. The highest BCUT2D eigenvalue weighted by atomic mass is 16.5. The average Bonchev–Trinajstić information content (AvgIpc) is 2.74. The molecule has 4 heteroatoms. The van der Waals surface area contributed by atoms with Gasteiger partial charge in [0.25, 0.3) is 0 Å². The van der Waals surface area contributed by atoms with Gasteiger partial charge in [-0.05, 0) is 67.3 Å². The van der Waals surface area contributed by atoms with Crippen LogP contribution in [0.4, 0.5) is 0 Å². The van der Waals surface area contributed by atoms with Gasteiger partial charge in [-0.1, -0.05) is 20.3 Å². The average molecular weight is 334 g/mol. The monoisotopic (exact) mass is 334 g/mol. The van der Waals surface area contributed by atoms with Crippen molar-refractivity contribution < 1.29 is 19.4 Å². The van der Waals surface area contributed by atoms with Crippen molar-refractivity contribution in [1.29, 1.82) is 0 Å². The first-order chi connectivity index (χ1) is 11.4. The van der Waals surface area contributed by atoms with Gasteiger partial charge in [0.15, 0.2) is 5.78 Å². The zero-order chi connectivity index (χ0) is 17.5. The van der Waals surface area contributed by atoms with E-state index in [-0.39, 0.29) is 35.1 Å². The molecule has 3 rings (SSSR count). The lowest BCUT2D eigenvalue weighted by Gasteiger charge is -2.59. The summed E-state index contributed by atoms with van der Waals surface area (Å²) in [5.41, 5.74) is 0.567. The molecule has 0 heterocycles. The number of aliphatic hydroxyl groups is 1. The molecule has 0 aromatic heterocycles. The Labute approximate surface area is 144 Å². The molecule has 2 saturated carbocycles. The Bertz CT molecular complexity index is 566. The predicted molar refractivity (Wildman–Crippen MR) is 91.2 cm³/mol. The smallest absolute Gasteiger partial charge is 0.333 e. The number of esters is 1. The number of ether oxygens (including phenoxy) is 1. The number of hydrogen-bond donors (Lipinski definition) is 1. The summed E-state index contributed by atoms with van der Waals surface area (Å²) in [7, 11) is 1.37. The van der Waals surface area contributed by atoms with Gasteiger partial charge in [-0.3, -0.25) is 4.79 Å². The number of carbonyl (C=O) groups excluding carboxylic acids is 2. The molecule has 134 valence electrons. The molecule has 5 unspecified atom stereocenters. The summed E-state index contributed by atoms with van der Waals surface area (Å²) in [6.45, 7) is 4.77. The van der Waals surface area contributed by atoms with Crippen molar-refractivity contribution in [3.8, 4) is 0 Å². The minimum absolute atomic E-state index is 0.0226. The molecular weight excluding hydrogens is 304 g/mol. The van der Waals surface area contributed by atoms with Gasteiger partial charge < -0.3 is 9.84 Å². The van der Waals surface area contributed by atoms with Crippen LogP contribution in [-0.2, 0) is 14.3 Å². The lowest BCUT2D eigenvalue weighted by molar-refractivity contribution is -0.141. The quantitative estimate of drug-likeness (QED) is 0.787. The highest BCUT2D eigenvalue weighted by Crippen LogP contribution is 2.62. The van der Waals surface area contributed by atoms with E-state index in [1.807, 2.05) is 0 Å². The van der Waals surface area contributed by atoms with Crippen LogP contribution in [-0.4, -0.2) is 30.6 Å². The Morgan fingerprint density at radius 3 is 2.71 bits per heavy atom. The van der Waals surface area contributed by atoms with Crippen LogP contribution in [0.15, 0.2) is 11.6 Å². The standard InChI is InChI=1S/C20H30O4/c1-19(12-21)9-4-10-20(2)15-7-5-13(18(23)24-3)11-16(22)14(15)6-8-17(19)20/h11,14-15,17,21H,4-10,12H2,1-3H3. The molecule has 2 fully saturated rings. The molecule has 0 radical (unpaired) electrons. The largest absolute Gasteiger partial charge is 0.466 e. The van der Waals surface area contributed by atoms with Crippen molar-refractivity contribution in [3.05, 3.63) is 11.6 Å². The molecule has 3 aliphatic rings. The van der Waals surface area contributed by atoms with Gasteiger partial charge >= 0.3 is 5.97 Å². The summed E-state index contributed by atoms with van der Waals surface area (Å²) < 4.78 is 4.84. The maximum atomic E-state index is 12.8. The second-order valence-corrected chi connectivity index (χ2v) is 8.62. The van der Waals surface area contributed by atoms with Crippen LogP contribution < -0.4 is 0 Å². The lowest BCUT2D eigenvalue weighted by Crippen LogP contribution is -2.54. The van der Waals surface area contributed by atoms with E-state index >= 15 is 0 Å². The van der Waals surface area contributed by atoms with Gasteiger partial charge in [-0.2, -0.15) is 0 Å². The second-order valence-electron chi connectivity index (χ2n) is 8.62. The Morgan fingerprint density at radius 1 is 1.29 bits per heavy atom. The molecule has 0 aliphatic heterocycles. The summed E-state index contributed by atoms with van der Waals surface area (Å²) >= 11 is 0. The zero-order valence-corrected chi connectivity index (χ0v) is 15.1. The Balaban J connectivity index is 1.92. The molecular formula is C20H30O4. The fourth-order valence-corrected chi connectivity index (χ4v) is 6.16. The predicted octanol–water partition coefficient (Wildman–Crippen LogP) is 3.28. The van der Waals surface area contributed by atoms with Gasteiger partial charge in [-0.15, -0.1) is 0 Å². The minimum Gasteiger partial charge on any atom is -0.466 e. The molecule has 0 aromatic rings. The maximum Gasteiger partial charge on any atom is 0.333 e. The first kappa shape index (κ1) is 17.7. The van der Waals surface area contributed by atoms with Gasteiger partial charge in [0.05, 0.1) is 7.11 Å². The van der Waals surface area contributed by atoms with Crippen molar-refractivity contribution in [2.75, 3.05) is 13.7 Å². The van der Waals surface area contributed by atoms with E-state index in [0.29, 0.717) is 23.8 Å². The Hall–Kier alpha value is -1.16. The van der Waals surface area contributed by atoms with Crippen LogP contribution in [0.3, 0.4) is 0 Å². The van der Waals surface area contributed by atoms with Crippen molar-refractivity contribution >= 4 is 11.8 Å². The molecule has 0 bridgehead atoms. The fourth-order valence-electron chi connectivity index (χ4n) is 6.16. The first-order valence-corrected chi connectivity index (χ1v) is 9.29. The highest BCUT2D eigenvalue weighted by molar-refractivity contribution is 6.01. The van der Waals surface area contributed by atoms with Crippen molar-refractivity contribution in [1.82, 2.24) is 0 Å². The van der Waals surface area contributed by atoms with E-state index in [1.165, 1.54) is 7.11 Å². The van der Waals surface area contributed by atoms with Gasteiger partial charge in [0.1, 0.15) is 0 Å². The third-order valence-corrected chi connectivity index (χ3v) is 7.42. The molecule has 0 aromatic carbocycles. The van der Waals surface area contributed by atoms with E-state index in [0.717, 1.165) is 38.5 Å². The maximum absolute atomic E-state index is 12.8. The number of aliphatic hydroxyl groups excluding tert-OH is 1. The second kappa shape index (κ2) is 6.29. The number of ketones is 1. The van der Waals surface area contributed by atoms with Crippen LogP contribution in [0.2, 0.25) is 0 Å². The summed E-state index contributed by atoms with van der Waals surface area (Å²) in [5.74, 6) is 0.515. The molecule has 1 N–H and O–H groups in total. The molecule has 3 aliphatic carbocycles. The number of carbonyl (C=O) groups is 2. The van der Waals surface area contributed by atoms with Crippen molar-refractivity contribution in [2.24, 2.45) is 28.6 Å². The van der Waals surface area contributed by atoms with Crippen LogP contribution in [0, 0.1) is 28.6 Å². The van der Waals surface area contributed by atoms with Gasteiger partial charge in [-0.25, -0.2) is 4.79 Å². The lowest BCUT2D eigenvalue weighted by atomic mass is 9.45. The molecule has 0 spiro atoms. The van der Waals surface area contributed by atoms with E-state index in [9.17, 15) is 14.7 Å². The third kappa shape index (κ3) is 2.63. The molecule has 0 amide bonds. The number of allylic oxidation sites excluding steroid dienone is 1. The zero-order valence-electron chi connectivity index (χ0n) is 15.1. The molecule has 5 atom stereocenters. The summed E-state index contributed by atoms with van der Waals surface area (Å²) in [6, 6.07) is 0. The van der Waals surface area contributed by atoms with E-state index in [4.69, 9.17) is 4.74 Å². The SMILES string of the molecule is COC(=O)C1=CC(=O)C2CCC3C(C)(CO)CCCC3(C)C2CC1. The topological polar surface area (TPSA) is 63.6 Å². The molecule has 24 heavy (non-hydrogen) atoms. The van der Waals surface area contributed by atoms with Crippen LogP contribution in [0.25, 0.3) is 0 Å². The summed E-state index contributed by atoms with van der Waals surface area (Å²) in [4.78, 5) is 24.7. The van der Waals surface area contributed by atoms with E-state index < -0.39 is 0 Å². The Morgan fingerprint density at radius 2 is 2.04 bits per heavy atom. The number of rotatable bonds is 2. The van der Waals surface area contributed by atoms with Crippen LogP contribution in [0.1, 0.15) is 58.8 Å². The van der Waals surface area contributed by atoms with Gasteiger partial charge in [0.2, 0.25) is 0 Å². The summed E-state index contributed by atoms with van der Waals surface area (Å²) in [6.07, 6.45) is 8.22. The van der Waals surface area contributed by atoms with E-state index in [1.54, 1.807) is 6.08 Å². The van der Waals surface area contributed by atoms with Crippen LogP contribution >= 0.6 is 0 Å². The Kier molecular flexibility index (Phi) is 4.63. The number of fused-ring (bicyclic) bond motifs is 3. The van der Waals surface area contributed by atoms with Crippen LogP contribution in [0.5, 0.6) is 0 Å². The number of hydrogen-bond acceptors (Lipinski definition) is 4. The normalized spacial score (nSPS) is 42.4. The highest BCUT2D eigenvalue weighted by Gasteiger charge is 2.57. The third-order valence-electron chi connectivity index (χ3n) is 7.42. The molecule has 0 saturated heterocycles. The minimum atomic E-state index is -0.368. The first-order valence-electron chi connectivity index (χ1n) is 9.29.